The van der Waals surface area contributed by atoms with Gasteiger partial charge < -0.3 is 26.6 Å². The fraction of sp³-hybridized carbons (Fsp3) is 0.485. The Morgan fingerprint density at radius 1 is 0.841 bits per heavy atom. The van der Waals surface area contributed by atoms with Crippen molar-refractivity contribution in [2.45, 2.75) is 96.4 Å². The molecule has 0 saturated heterocycles. The molecule has 0 aliphatic heterocycles. The third kappa shape index (κ3) is 16.1. The first-order chi connectivity index (χ1) is 20.9. The van der Waals surface area contributed by atoms with Crippen LogP contribution in [-0.2, 0) is 33.6 Å². The third-order valence-corrected chi connectivity index (χ3v) is 6.63. The monoisotopic (exact) mass is 619 g/mol. The van der Waals surface area contributed by atoms with Crippen molar-refractivity contribution in [1.82, 2.24) is 4.90 Å². The fourth-order valence-electron chi connectivity index (χ4n) is 4.06. The number of carbonyl (C=O) groups is 3. The number of carboxylic acids is 2. The minimum Gasteiger partial charge on any atom is -0.480 e. The van der Waals surface area contributed by atoms with Crippen LogP contribution in [0.15, 0.2) is 48.5 Å². The minimum atomic E-state index is -4.46. The predicted molar refractivity (Wildman–Crippen MR) is 163 cm³/mol. The Hall–Kier alpha value is -3.88. The molecule has 0 aromatic heterocycles. The first kappa shape index (κ1) is 38.1. The number of rotatable bonds is 15. The summed E-state index contributed by atoms with van der Waals surface area (Å²) >= 11 is 0. The highest BCUT2D eigenvalue weighted by Gasteiger charge is 2.30. The van der Waals surface area contributed by atoms with E-state index in [-0.39, 0.29) is 13.1 Å². The lowest BCUT2D eigenvalue weighted by Gasteiger charge is -2.21. The lowest BCUT2D eigenvalue weighted by atomic mass is 10.1. The van der Waals surface area contributed by atoms with Crippen molar-refractivity contribution in [3.8, 4) is 11.8 Å². The maximum absolute atomic E-state index is 12.8. The molecule has 2 aromatic rings. The van der Waals surface area contributed by atoms with E-state index < -0.39 is 35.6 Å². The molecule has 242 valence electrons. The first-order valence-corrected chi connectivity index (χ1v) is 14.8. The molecule has 0 saturated carbocycles. The van der Waals surface area contributed by atoms with Crippen LogP contribution >= 0.6 is 0 Å². The number of benzene rings is 2. The summed E-state index contributed by atoms with van der Waals surface area (Å²) in [5, 5.41) is 17.5. The summed E-state index contributed by atoms with van der Waals surface area (Å²) in [6, 6.07) is 10.8. The Bertz CT molecular complexity index is 1210. The van der Waals surface area contributed by atoms with Crippen LogP contribution in [0.4, 0.5) is 13.2 Å². The number of carboxylic acid groups (broad SMARTS) is 2. The van der Waals surface area contributed by atoms with E-state index in [0.29, 0.717) is 24.1 Å². The molecule has 0 unspecified atom stereocenters. The van der Waals surface area contributed by atoms with Crippen molar-refractivity contribution < 1.29 is 37.8 Å². The van der Waals surface area contributed by atoms with Gasteiger partial charge in [0, 0.05) is 25.1 Å². The lowest BCUT2D eigenvalue weighted by Crippen LogP contribution is -2.35. The second kappa shape index (κ2) is 20.9. The van der Waals surface area contributed by atoms with Crippen molar-refractivity contribution in [3.05, 3.63) is 70.8 Å². The molecule has 2 aromatic carbocycles. The molecule has 0 heterocycles. The van der Waals surface area contributed by atoms with Gasteiger partial charge in [-0.2, -0.15) is 13.2 Å². The van der Waals surface area contributed by atoms with Crippen molar-refractivity contribution in [2.24, 2.45) is 11.5 Å². The SMILES string of the molecule is CCCCCCCCC#Cc1ccc(CN(Cc2ccc(C(F)(F)F)cc2)C(=O)C(=O)O)cc1.NCCCC[C@H](N)C(=O)O. The van der Waals surface area contributed by atoms with Crippen LogP contribution in [0.5, 0.6) is 0 Å². The van der Waals surface area contributed by atoms with Crippen LogP contribution in [0.3, 0.4) is 0 Å². The van der Waals surface area contributed by atoms with Gasteiger partial charge in [0.05, 0.1) is 5.56 Å². The third-order valence-electron chi connectivity index (χ3n) is 6.63. The number of hydrogen-bond acceptors (Lipinski definition) is 5. The molecule has 1 amide bonds. The summed E-state index contributed by atoms with van der Waals surface area (Å²) in [6.07, 6.45) is 5.80. The average molecular weight is 620 g/mol. The van der Waals surface area contributed by atoms with Gasteiger partial charge in [-0.3, -0.25) is 9.59 Å². The number of unbranched alkanes of at least 4 members (excludes halogenated alkanes) is 7. The van der Waals surface area contributed by atoms with Crippen LogP contribution < -0.4 is 11.5 Å². The van der Waals surface area contributed by atoms with Gasteiger partial charge in [0.1, 0.15) is 6.04 Å². The molecule has 0 spiro atoms. The van der Waals surface area contributed by atoms with Gasteiger partial charge in [-0.1, -0.05) is 81.6 Å². The highest BCUT2D eigenvalue weighted by atomic mass is 19.4. The lowest BCUT2D eigenvalue weighted by molar-refractivity contribution is -0.156. The summed E-state index contributed by atoms with van der Waals surface area (Å²) in [4.78, 5) is 34.6. The Labute approximate surface area is 257 Å². The Morgan fingerprint density at radius 3 is 1.89 bits per heavy atom. The number of aliphatic carboxylic acids is 2. The van der Waals surface area contributed by atoms with E-state index in [9.17, 15) is 27.6 Å². The standard InChI is InChI=1S/C27H30F3NO3.C6H14N2O2/c1-2-3-4-5-6-7-8-9-10-21-11-13-22(14-12-21)19-31(25(32)26(33)34)20-23-15-17-24(18-16-23)27(28,29)30;7-4-2-1-3-5(8)6(9)10/h11-18H,2-8,19-20H2,1H3,(H,33,34);5H,1-4,7-8H2,(H,9,10)/t;5-/m.0/s1. The summed E-state index contributed by atoms with van der Waals surface area (Å²) in [5.74, 6) is 2.59. The van der Waals surface area contributed by atoms with Crippen LogP contribution in [0.25, 0.3) is 0 Å². The van der Waals surface area contributed by atoms with Crippen molar-refractivity contribution in [2.75, 3.05) is 6.54 Å². The van der Waals surface area contributed by atoms with Gasteiger partial charge in [0.15, 0.2) is 0 Å². The number of carbonyl (C=O) groups excluding carboxylic acids is 1. The van der Waals surface area contributed by atoms with E-state index in [1.807, 2.05) is 12.1 Å². The zero-order chi connectivity index (χ0) is 33.0. The summed E-state index contributed by atoms with van der Waals surface area (Å²) in [5.41, 5.74) is 11.5. The molecule has 0 bridgehead atoms. The Morgan fingerprint density at radius 2 is 1.39 bits per heavy atom. The van der Waals surface area contributed by atoms with Gasteiger partial charge in [0.25, 0.3) is 0 Å². The van der Waals surface area contributed by atoms with E-state index in [1.54, 1.807) is 12.1 Å². The summed E-state index contributed by atoms with van der Waals surface area (Å²) in [6.45, 7) is 2.69. The van der Waals surface area contributed by atoms with Crippen LogP contribution in [0, 0.1) is 11.8 Å². The summed E-state index contributed by atoms with van der Waals surface area (Å²) in [7, 11) is 0. The average Bonchev–Trinajstić information content (AvgIpc) is 2.98. The molecule has 0 aliphatic rings. The zero-order valence-corrected chi connectivity index (χ0v) is 25.2. The zero-order valence-electron chi connectivity index (χ0n) is 25.2. The molecule has 0 fully saturated rings. The second-order valence-corrected chi connectivity index (χ2v) is 10.4. The molecule has 11 heteroatoms. The highest BCUT2D eigenvalue weighted by molar-refractivity contribution is 6.31. The van der Waals surface area contributed by atoms with E-state index in [2.05, 4.69) is 18.8 Å². The van der Waals surface area contributed by atoms with Gasteiger partial charge >= 0.3 is 24.0 Å². The van der Waals surface area contributed by atoms with Crippen molar-refractivity contribution in [3.63, 3.8) is 0 Å². The van der Waals surface area contributed by atoms with Crippen LogP contribution in [-0.4, -0.2) is 45.5 Å². The van der Waals surface area contributed by atoms with Gasteiger partial charge in [-0.05, 0) is 61.2 Å². The quantitative estimate of drug-likeness (QED) is 0.109. The highest BCUT2D eigenvalue weighted by Crippen LogP contribution is 2.29. The normalized spacial score (nSPS) is 11.4. The minimum absolute atomic E-state index is 0.0115. The molecule has 1 atom stereocenters. The molecule has 0 radical (unpaired) electrons. The first-order valence-electron chi connectivity index (χ1n) is 14.8. The van der Waals surface area contributed by atoms with Crippen LogP contribution in [0.2, 0.25) is 0 Å². The van der Waals surface area contributed by atoms with Gasteiger partial charge in [-0.15, -0.1) is 0 Å². The van der Waals surface area contributed by atoms with E-state index >= 15 is 0 Å². The van der Waals surface area contributed by atoms with E-state index in [1.165, 1.54) is 44.2 Å². The van der Waals surface area contributed by atoms with E-state index in [4.69, 9.17) is 21.7 Å². The van der Waals surface area contributed by atoms with Crippen molar-refractivity contribution >= 4 is 17.8 Å². The fourth-order valence-corrected chi connectivity index (χ4v) is 4.06. The maximum Gasteiger partial charge on any atom is 0.416 e. The molecule has 8 nitrogen and oxygen atoms in total. The topological polar surface area (TPSA) is 147 Å². The summed E-state index contributed by atoms with van der Waals surface area (Å²) < 4.78 is 38.3. The molecule has 6 N–H and O–H groups in total. The molecule has 44 heavy (non-hydrogen) atoms. The smallest absolute Gasteiger partial charge is 0.416 e. The van der Waals surface area contributed by atoms with Crippen LogP contribution in [0.1, 0.15) is 93.4 Å². The largest absolute Gasteiger partial charge is 0.480 e. The van der Waals surface area contributed by atoms with Crippen molar-refractivity contribution in [1.29, 1.82) is 0 Å². The van der Waals surface area contributed by atoms with Gasteiger partial charge in [-0.25, -0.2) is 4.79 Å². The maximum atomic E-state index is 12.8. The number of hydrogen-bond donors (Lipinski definition) is 4. The number of nitrogens with two attached hydrogens (primary N) is 2. The Balaban J connectivity index is 0.000000828. The Kier molecular flexibility index (Phi) is 18.1. The molecular weight excluding hydrogens is 575 g/mol. The van der Waals surface area contributed by atoms with E-state index in [0.717, 1.165) is 48.3 Å². The molecular formula is C33H44F3N3O5. The number of halogens is 3. The predicted octanol–water partition coefficient (Wildman–Crippen LogP) is 5.95. The molecule has 0 aliphatic carbocycles. The molecule has 2 rings (SSSR count). The second-order valence-electron chi connectivity index (χ2n) is 10.4. The number of nitrogens with zero attached hydrogens (tertiary/aromatic N) is 1. The van der Waals surface area contributed by atoms with Gasteiger partial charge in [0.2, 0.25) is 0 Å². The number of amides is 1. The number of alkyl halides is 3.